The molecule has 3 rings (SSSR count). The number of hydrogen-bond acceptors (Lipinski definition) is 16. The molecule has 8 amide bonds. The Morgan fingerprint density at radius 1 is 0.730 bits per heavy atom. The topological polar surface area (TPSA) is 391 Å². The number of carboxylic acid groups (broad SMARTS) is 1. The number of aliphatic hydroxyl groups is 2. The first-order valence-electron chi connectivity index (χ1n) is 19.3. The lowest BCUT2D eigenvalue weighted by Crippen LogP contribution is -2.61. The number of aromatic amines is 1. The number of tetrazole rings is 1. The molecule has 26 nitrogen and oxygen atoms in total. The van der Waals surface area contributed by atoms with Crippen molar-refractivity contribution >= 4 is 53.2 Å². The molecule has 63 heavy (non-hydrogen) atoms. The molecule has 2 heterocycles. The van der Waals surface area contributed by atoms with Crippen molar-refractivity contribution in [3.63, 3.8) is 0 Å². The maximum atomic E-state index is 13.6. The number of aromatic nitrogens is 5. The summed E-state index contributed by atoms with van der Waals surface area (Å²) in [7, 11) is 1.21. The second-order valence-corrected chi connectivity index (χ2v) is 14.4. The normalized spacial score (nSPS) is 13.9. The summed E-state index contributed by atoms with van der Waals surface area (Å²) in [5.74, 6) is -8.51. The minimum absolute atomic E-state index is 0.00908. The Morgan fingerprint density at radius 2 is 1.30 bits per heavy atom. The van der Waals surface area contributed by atoms with E-state index in [2.05, 4.69) is 68.1 Å². The van der Waals surface area contributed by atoms with E-state index in [1.54, 1.807) is 30.3 Å². The lowest BCUT2D eigenvalue weighted by atomic mass is 9.90. The van der Waals surface area contributed by atoms with Crippen LogP contribution < -0.4 is 42.5 Å². The number of nitrogens with zero attached hydrogens (tertiary/aromatic N) is 4. The summed E-state index contributed by atoms with van der Waals surface area (Å²) in [5.41, 5.74) is -1.19. The minimum Gasteiger partial charge on any atom is -0.481 e. The van der Waals surface area contributed by atoms with E-state index >= 15 is 0 Å². The van der Waals surface area contributed by atoms with Crippen molar-refractivity contribution in [3.05, 3.63) is 60.1 Å². The highest BCUT2D eigenvalue weighted by Gasteiger charge is 2.39. The van der Waals surface area contributed by atoms with E-state index in [-0.39, 0.29) is 25.2 Å². The molecule has 3 aromatic rings. The van der Waals surface area contributed by atoms with Crippen LogP contribution >= 0.6 is 0 Å². The molecule has 0 aliphatic heterocycles. The van der Waals surface area contributed by atoms with Crippen LogP contribution in [0.2, 0.25) is 0 Å². The molecule has 0 fully saturated rings. The van der Waals surface area contributed by atoms with Crippen molar-refractivity contribution in [1.29, 1.82) is 0 Å². The first-order chi connectivity index (χ1) is 29.9. The SMILES string of the molecule is CNC(=O)[C@H](CC(=O)O)NC(=O)[C@H](CO)NC(=O)[C@H](Cc1ccccc1)NC(=O)[C@H](CO)NC(=O)[C@@H](C)NC(=O)[C@H](Cc1nn[nH]n1)NC(=O)C(C)(C)C(=O)NCCc1cnco1. The van der Waals surface area contributed by atoms with Gasteiger partial charge in [-0.05, 0) is 26.3 Å². The quantitative estimate of drug-likeness (QED) is 0.0353. The molecule has 0 aliphatic carbocycles. The Balaban J connectivity index is 1.70. The van der Waals surface area contributed by atoms with Crippen molar-refractivity contribution < 1.29 is 62.9 Å². The lowest BCUT2D eigenvalue weighted by Gasteiger charge is -2.27. The molecule has 0 radical (unpaired) electrons. The number of likely N-dealkylation sites (N-methyl/N-ethyl adjacent to an activating group) is 1. The summed E-state index contributed by atoms with van der Waals surface area (Å²) >= 11 is 0. The van der Waals surface area contributed by atoms with Gasteiger partial charge in [-0.3, -0.25) is 43.2 Å². The van der Waals surface area contributed by atoms with E-state index in [1.165, 1.54) is 40.4 Å². The monoisotopic (exact) mass is 885 g/mol. The van der Waals surface area contributed by atoms with Crippen molar-refractivity contribution in [1.82, 2.24) is 68.1 Å². The zero-order valence-electron chi connectivity index (χ0n) is 34.7. The van der Waals surface area contributed by atoms with Gasteiger partial charge in [0, 0.05) is 32.9 Å². The van der Waals surface area contributed by atoms with Gasteiger partial charge in [-0.1, -0.05) is 35.5 Å². The Kier molecular flexibility index (Phi) is 19.2. The van der Waals surface area contributed by atoms with Gasteiger partial charge in [0.15, 0.2) is 12.2 Å². The van der Waals surface area contributed by atoms with Gasteiger partial charge in [0.05, 0.1) is 25.8 Å². The maximum absolute atomic E-state index is 13.6. The van der Waals surface area contributed by atoms with Crippen molar-refractivity contribution in [2.45, 2.75) is 82.7 Å². The third-order valence-electron chi connectivity index (χ3n) is 9.23. The molecule has 0 spiro atoms. The molecule has 342 valence electrons. The molecule has 12 N–H and O–H groups in total. The number of rotatable bonds is 25. The number of benzene rings is 1. The third kappa shape index (κ3) is 15.6. The summed E-state index contributed by atoms with van der Waals surface area (Å²) in [4.78, 5) is 120. The Bertz CT molecular complexity index is 2030. The fraction of sp³-hybridized carbons (Fsp3) is 0.486. The number of carboxylic acids is 1. The number of carbonyl (C=O) groups is 9. The summed E-state index contributed by atoms with van der Waals surface area (Å²) in [5, 5.41) is 61.2. The van der Waals surface area contributed by atoms with Gasteiger partial charge >= 0.3 is 5.97 Å². The largest absolute Gasteiger partial charge is 0.481 e. The Labute approximate surface area is 358 Å². The van der Waals surface area contributed by atoms with Gasteiger partial charge in [-0.25, -0.2) is 4.98 Å². The number of carbonyl (C=O) groups excluding carboxylic acids is 8. The van der Waals surface area contributed by atoms with E-state index in [1.807, 2.05) is 0 Å². The lowest BCUT2D eigenvalue weighted by molar-refractivity contribution is -0.143. The van der Waals surface area contributed by atoms with Crippen LogP contribution in [0.15, 0.2) is 47.3 Å². The molecule has 6 atom stereocenters. The van der Waals surface area contributed by atoms with Crippen molar-refractivity contribution in [2.24, 2.45) is 5.41 Å². The summed E-state index contributed by atoms with van der Waals surface area (Å²) in [6.45, 7) is 1.99. The molecule has 2 aromatic heterocycles. The van der Waals surface area contributed by atoms with E-state index in [9.17, 15) is 53.4 Å². The van der Waals surface area contributed by atoms with Crippen LogP contribution in [-0.4, -0.2) is 157 Å². The number of nitrogens with one attached hydrogen (secondary N) is 9. The van der Waals surface area contributed by atoms with Gasteiger partial charge in [0.1, 0.15) is 47.4 Å². The van der Waals surface area contributed by atoms with Crippen LogP contribution in [0.1, 0.15) is 44.3 Å². The maximum Gasteiger partial charge on any atom is 0.305 e. The van der Waals surface area contributed by atoms with Gasteiger partial charge in [0.25, 0.3) is 0 Å². The second kappa shape index (κ2) is 24.2. The first kappa shape index (κ1) is 50.0. The van der Waals surface area contributed by atoms with Gasteiger partial charge in [0.2, 0.25) is 47.3 Å². The van der Waals surface area contributed by atoms with Crippen LogP contribution in [0.5, 0.6) is 0 Å². The highest BCUT2D eigenvalue weighted by Crippen LogP contribution is 2.16. The molecular weight excluding hydrogens is 834 g/mol. The predicted molar refractivity (Wildman–Crippen MR) is 213 cm³/mol. The third-order valence-corrected chi connectivity index (χ3v) is 9.23. The molecule has 0 saturated carbocycles. The fourth-order valence-electron chi connectivity index (χ4n) is 5.49. The van der Waals surface area contributed by atoms with Crippen LogP contribution in [-0.2, 0) is 62.4 Å². The predicted octanol–water partition coefficient (Wildman–Crippen LogP) is -5.51. The van der Waals surface area contributed by atoms with Crippen LogP contribution in [0.4, 0.5) is 0 Å². The Hall–Kier alpha value is -7.35. The van der Waals surface area contributed by atoms with Crippen LogP contribution in [0.3, 0.4) is 0 Å². The molecule has 0 aliphatic rings. The molecule has 0 bridgehead atoms. The molecular formula is C37H51N13O13. The number of amides is 8. The van der Waals surface area contributed by atoms with Crippen LogP contribution in [0.25, 0.3) is 0 Å². The summed E-state index contributed by atoms with van der Waals surface area (Å²) in [6.07, 6.45) is 1.64. The summed E-state index contributed by atoms with van der Waals surface area (Å²) in [6, 6.07) is -1.20. The molecule has 0 saturated heterocycles. The number of aliphatic carboxylic acids is 1. The highest BCUT2D eigenvalue weighted by atomic mass is 16.4. The Morgan fingerprint density at radius 3 is 1.86 bits per heavy atom. The van der Waals surface area contributed by atoms with E-state index in [0.29, 0.717) is 17.7 Å². The first-order valence-corrected chi connectivity index (χ1v) is 19.3. The molecule has 26 heteroatoms. The summed E-state index contributed by atoms with van der Waals surface area (Å²) < 4.78 is 5.13. The minimum atomic E-state index is -1.72. The van der Waals surface area contributed by atoms with E-state index in [4.69, 9.17) is 9.52 Å². The number of aliphatic hydroxyl groups excluding tert-OH is 2. The van der Waals surface area contributed by atoms with Crippen LogP contribution in [0, 0.1) is 5.41 Å². The van der Waals surface area contributed by atoms with Crippen molar-refractivity contribution in [3.8, 4) is 0 Å². The smallest absolute Gasteiger partial charge is 0.305 e. The highest BCUT2D eigenvalue weighted by molar-refractivity contribution is 6.05. The van der Waals surface area contributed by atoms with Gasteiger partial charge in [-0.15, -0.1) is 10.2 Å². The number of H-pyrrole nitrogens is 1. The van der Waals surface area contributed by atoms with Gasteiger partial charge < -0.3 is 62.3 Å². The van der Waals surface area contributed by atoms with Crippen molar-refractivity contribution in [2.75, 3.05) is 26.8 Å². The standard InChI is InChI=1S/C37H51N13O13/c1-19(41-31(57)23(13-27-47-49-50-48-27)46-36(62)37(2,3)35(61)40-11-10-21-15-39-18-63-21)29(55)44-25(16-51)33(59)42-22(12-20-8-6-5-7-9-20)32(58)45-26(17-52)34(60)43-24(14-28(53)54)30(56)38-4/h5-9,15,18-19,22-26,51-52H,10-14,16-17H2,1-4H3,(H,38,56)(H,40,61)(H,41,57)(H,42,59)(H,43,60)(H,44,55)(H,45,58)(H,46,62)(H,53,54)(H,47,48,49,50)/t19-,22+,23+,24+,25+,26+/m1/s1. The zero-order chi connectivity index (χ0) is 46.7. The van der Waals surface area contributed by atoms with Gasteiger partial charge in [-0.2, -0.15) is 5.21 Å². The van der Waals surface area contributed by atoms with E-state index < -0.39 is 115 Å². The zero-order valence-corrected chi connectivity index (χ0v) is 34.7. The number of hydrogen-bond donors (Lipinski definition) is 12. The average Bonchev–Trinajstić information content (AvgIpc) is 3.98. The molecule has 0 unspecified atom stereocenters. The average molecular weight is 886 g/mol. The second-order valence-electron chi connectivity index (χ2n) is 14.4. The molecule has 1 aromatic carbocycles. The van der Waals surface area contributed by atoms with E-state index in [0.717, 1.165) is 0 Å². The number of oxazole rings is 1. The fourth-order valence-corrected chi connectivity index (χ4v) is 5.49.